The lowest BCUT2D eigenvalue weighted by atomic mass is 10.2. The molecule has 1 aromatic rings. The summed E-state index contributed by atoms with van der Waals surface area (Å²) in [6.45, 7) is 6.00. The zero-order valence-electron chi connectivity index (χ0n) is 12.9. The summed E-state index contributed by atoms with van der Waals surface area (Å²) < 4.78 is 30.4. The number of ether oxygens (including phenoxy) is 1. The molecular formula is C14H20FN3O3S. The van der Waals surface area contributed by atoms with E-state index in [1.54, 1.807) is 25.7 Å². The molecule has 0 bridgehead atoms. The number of rotatable bonds is 3. The Morgan fingerprint density at radius 3 is 2.68 bits per heavy atom. The highest BCUT2D eigenvalue weighted by Crippen LogP contribution is 2.22. The van der Waals surface area contributed by atoms with Crippen molar-refractivity contribution in [1.82, 2.24) is 14.9 Å². The van der Waals surface area contributed by atoms with Crippen LogP contribution in [-0.2, 0) is 15.5 Å². The first-order valence-corrected chi connectivity index (χ1v) is 8.44. The zero-order valence-corrected chi connectivity index (χ0v) is 13.7. The first kappa shape index (κ1) is 16.8. The Morgan fingerprint density at radius 1 is 1.45 bits per heavy atom. The van der Waals surface area contributed by atoms with E-state index in [1.807, 2.05) is 0 Å². The highest BCUT2D eigenvalue weighted by Gasteiger charge is 2.33. The largest absolute Gasteiger partial charge is 0.444 e. The Kier molecular flexibility index (Phi) is 5.10. The van der Waals surface area contributed by atoms with Gasteiger partial charge in [0.05, 0.1) is 28.9 Å². The van der Waals surface area contributed by atoms with Crippen molar-refractivity contribution in [1.29, 1.82) is 0 Å². The van der Waals surface area contributed by atoms with Gasteiger partial charge in [0.25, 0.3) is 0 Å². The van der Waals surface area contributed by atoms with Crippen LogP contribution >= 0.6 is 0 Å². The summed E-state index contributed by atoms with van der Waals surface area (Å²) in [5.41, 5.74) is -0.566. The van der Waals surface area contributed by atoms with Gasteiger partial charge in [0.1, 0.15) is 5.60 Å². The van der Waals surface area contributed by atoms with Gasteiger partial charge in [0.15, 0.2) is 5.82 Å². The van der Waals surface area contributed by atoms with Crippen molar-refractivity contribution in [2.45, 2.75) is 50.4 Å². The van der Waals surface area contributed by atoms with Crippen LogP contribution in [0.1, 0.15) is 33.6 Å². The van der Waals surface area contributed by atoms with Crippen LogP contribution in [0.5, 0.6) is 0 Å². The highest BCUT2D eigenvalue weighted by molar-refractivity contribution is 7.84. The molecule has 6 nitrogen and oxygen atoms in total. The second-order valence-electron chi connectivity index (χ2n) is 6.17. The van der Waals surface area contributed by atoms with Crippen LogP contribution in [0.15, 0.2) is 17.6 Å². The summed E-state index contributed by atoms with van der Waals surface area (Å²) in [6, 6.07) is -0.177. The maximum Gasteiger partial charge on any atom is 0.410 e. The monoisotopic (exact) mass is 329 g/mol. The van der Waals surface area contributed by atoms with Crippen LogP contribution in [0.2, 0.25) is 0 Å². The van der Waals surface area contributed by atoms with Gasteiger partial charge >= 0.3 is 6.09 Å². The SMILES string of the molecule is CC(C)(C)OC(=O)N1CCC[C@@H]1C[S@@](=O)c1ncc(F)cn1. The van der Waals surface area contributed by atoms with Crippen LogP contribution in [0.4, 0.5) is 9.18 Å². The maximum atomic E-state index is 12.8. The molecule has 0 aliphatic carbocycles. The second kappa shape index (κ2) is 6.68. The number of carbonyl (C=O) groups excluding carboxylic acids is 1. The van der Waals surface area contributed by atoms with E-state index in [0.717, 1.165) is 25.2 Å². The topological polar surface area (TPSA) is 72.4 Å². The third kappa shape index (κ3) is 4.46. The van der Waals surface area contributed by atoms with E-state index in [4.69, 9.17) is 4.74 Å². The molecule has 2 heterocycles. The van der Waals surface area contributed by atoms with Crippen LogP contribution in [0, 0.1) is 5.82 Å². The maximum absolute atomic E-state index is 12.8. The van der Waals surface area contributed by atoms with Gasteiger partial charge in [-0.1, -0.05) is 0 Å². The molecule has 0 spiro atoms. The predicted octanol–water partition coefficient (Wildman–Crippen LogP) is 2.12. The number of halogens is 1. The first-order chi connectivity index (χ1) is 10.3. The normalized spacial score (nSPS) is 20.0. The van der Waals surface area contributed by atoms with Crippen LogP contribution < -0.4 is 0 Å². The number of amides is 1. The number of hydrogen-bond donors (Lipinski definition) is 0. The van der Waals surface area contributed by atoms with Gasteiger partial charge < -0.3 is 9.64 Å². The lowest BCUT2D eigenvalue weighted by Gasteiger charge is -2.28. The molecule has 1 aliphatic heterocycles. The van der Waals surface area contributed by atoms with Gasteiger partial charge in [-0.25, -0.2) is 19.2 Å². The lowest BCUT2D eigenvalue weighted by Crippen LogP contribution is -2.42. The molecule has 122 valence electrons. The fourth-order valence-corrected chi connectivity index (χ4v) is 3.42. The first-order valence-electron chi connectivity index (χ1n) is 7.12. The summed E-state index contributed by atoms with van der Waals surface area (Å²) in [6.07, 6.45) is 3.17. The Hall–Kier alpha value is -1.57. The molecule has 0 aromatic carbocycles. The summed E-state index contributed by atoms with van der Waals surface area (Å²) in [5.74, 6) is -0.345. The highest BCUT2D eigenvalue weighted by atomic mass is 32.2. The summed E-state index contributed by atoms with van der Waals surface area (Å²) in [5, 5.41) is 0.0810. The Bertz CT molecular complexity index is 559. The second-order valence-corrected chi connectivity index (χ2v) is 7.56. The number of nitrogens with zero attached hydrogens (tertiary/aromatic N) is 3. The van der Waals surface area contributed by atoms with Gasteiger partial charge in [-0.05, 0) is 33.6 Å². The summed E-state index contributed by atoms with van der Waals surface area (Å²) >= 11 is 0. The molecule has 1 aromatic heterocycles. The molecule has 2 atom stereocenters. The van der Waals surface area contributed by atoms with Gasteiger partial charge in [0, 0.05) is 12.6 Å². The van der Waals surface area contributed by atoms with E-state index >= 15 is 0 Å². The van der Waals surface area contributed by atoms with Crippen molar-refractivity contribution in [3.05, 3.63) is 18.2 Å². The fraction of sp³-hybridized carbons (Fsp3) is 0.643. The third-order valence-electron chi connectivity index (χ3n) is 3.15. The lowest BCUT2D eigenvalue weighted by molar-refractivity contribution is 0.0241. The number of hydrogen-bond acceptors (Lipinski definition) is 5. The molecule has 2 rings (SSSR count). The minimum absolute atomic E-state index is 0.0810. The van der Waals surface area contributed by atoms with Crippen LogP contribution in [0.3, 0.4) is 0 Å². The molecule has 0 saturated carbocycles. The van der Waals surface area contributed by atoms with Crippen molar-refractivity contribution < 1.29 is 18.1 Å². The molecule has 1 aliphatic rings. The molecule has 0 radical (unpaired) electrons. The minimum atomic E-state index is -1.48. The number of aromatic nitrogens is 2. The Morgan fingerprint density at radius 2 is 2.09 bits per heavy atom. The van der Waals surface area contributed by atoms with Gasteiger partial charge in [-0.2, -0.15) is 0 Å². The third-order valence-corrected chi connectivity index (χ3v) is 4.45. The summed E-state index contributed by atoms with van der Waals surface area (Å²) in [4.78, 5) is 21.2. The molecule has 1 fully saturated rings. The predicted molar refractivity (Wildman–Crippen MR) is 79.2 cm³/mol. The van der Waals surface area contributed by atoms with E-state index in [0.29, 0.717) is 6.54 Å². The summed E-state index contributed by atoms with van der Waals surface area (Å²) in [7, 11) is -1.48. The van der Waals surface area contributed by atoms with E-state index in [-0.39, 0.29) is 17.0 Å². The number of likely N-dealkylation sites (tertiary alicyclic amines) is 1. The van der Waals surface area contributed by atoms with Crippen molar-refractivity contribution >= 4 is 16.9 Å². The Balaban J connectivity index is 2.00. The fourth-order valence-electron chi connectivity index (χ4n) is 2.24. The average Bonchev–Trinajstić information content (AvgIpc) is 2.85. The van der Waals surface area contributed by atoms with Crippen molar-refractivity contribution in [2.75, 3.05) is 12.3 Å². The molecule has 0 N–H and O–H groups in total. The molecule has 0 unspecified atom stereocenters. The van der Waals surface area contributed by atoms with Crippen LogP contribution in [0.25, 0.3) is 0 Å². The molecule has 1 saturated heterocycles. The number of carbonyl (C=O) groups is 1. The molecule has 8 heteroatoms. The molecule has 22 heavy (non-hydrogen) atoms. The van der Waals surface area contributed by atoms with Gasteiger partial charge in [0.2, 0.25) is 5.16 Å². The average molecular weight is 329 g/mol. The quantitative estimate of drug-likeness (QED) is 0.794. The minimum Gasteiger partial charge on any atom is -0.444 e. The van der Waals surface area contributed by atoms with Gasteiger partial charge in [-0.15, -0.1) is 0 Å². The zero-order chi connectivity index (χ0) is 16.3. The standard InChI is InChI=1S/C14H20FN3O3S/c1-14(2,3)21-13(19)18-6-4-5-11(18)9-22(20)12-16-7-10(15)8-17-12/h7-8,11H,4-6,9H2,1-3H3/t11-,22-/m1/s1. The molecule has 1 amide bonds. The van der Waals surface area contributed by atoms with Crippen molar-refractivity contribution in [3.63, 3.8) is 0 Å². The van der Waals surface area contributed by atoms with E-state index in [9.17, 15) is 13.4 Å². The smallest absolute Gasteiger partial charge is 0.410 e. The van der Waals surface area contributed by atoms with Crippen molar-refractivity contribution in [3.8, 4) is 0 Å². The van der Waals surface area contributed by atoms with E-state index in [1.165, 1.54) is 0 Å². The van der Waals surface area contributed by atoms with Gasteiger partial charge in [-0.3, -0.25) is 4.21 Å². The molecular weight excluding hydrogens is 309 g/mol. The van der Waals surface area contributed by atoms with E-state index in [2.05, 4.69) is 9.97 Å². The van der Waals surface area contributed by atoms with E-state index < -0.39 is 28.3 Å². The van der Waals surface area contributed by atoms with Crippen LogP contribution in [-0.4, -0.2) is 49.1 Å². The van der Waals surface area contributed by atoms with Crippen molar-refractivity contribution in [2.24, 2.45) is 0 Å². The Labute approximate surface area is 131 Å².